The number of aryl methyl sites for hydroxylation is 1. The molecule has 24 heavy (non-hydrogen) atoms. The predicted octanol–water partition coefficient (Wildman–Crippen LogP) is 4.52. The first-order valence-electron chi connectivity index (χ1n) is 7.83. The summed E-state index contributed by atoms with van der Waals surface area (Å²) >= 11 is 13.7. The zero-order valence-corrected chi connectivity index (χ0v) is 16.1. The molecule has 1 aromatic heterocycles. The number of hydrogen-bond acceptors (Lipinski definition) is 3. The number of amides is 1. The van der Waals surface area contributed by atoms with E-state index in [1.165, 1.54) is 11.8 Å². The quantitative estimate of drug-likeness (QED) is 0.679. The van der Waals surface area contributed by atoms with Gasteiger partial charge in [-0.05, 0) is 24.1 Å². The molecule has 0 bridgehead atoms. The van der Waals surface area contributed by atoms with Crippen LogP contribution in [0.1, 0.15) is 31.2 Å². The second-order valence-electron chi connectivity index (χ2n) is 5.56. The van der Waals surface area contributed by atoms with Gasteiger partial charge in [-0.25, -0.2) is 4.98 Å². The van der Waals surface area contributed by atoms with Gasteiger partial charge in [-0.15, -0.1) is 0 Å². The lowest BCUT2D eigenvalue weighted by molar-refractivity contribution is -0.118. The highest BCUT2D eigenvalue weighted by Gasteiger charge is 2.16. The van der Waals surface area contributed by atoms with Crippen molar-refractivity contribution in [1.82, 2.24) is 14.9 Å². The van der Waals surface area contributed by atoms with Gasteiger partial charge in [-0.3, -0.25) is 4.79 Å². The van der Waals surface area contributed by atoms with Gasteiger partial charge in [-0.1, -0.05) is 54.4 Å². The van der Waals surface area contributed by atoms with E-state index in [1.807, 2.05) is 29.9 Å². The van der Waals surface area contributed by atoms with E-state index in [9.17, 15) is 4.79 Å². The molecule has 1 atom stereocenters. The van der Waals surface area contributed by atoms with Crippen LogP contribution in [-0.2, 0) is 11.8 Å². The normalized spacial score (nSPS) is 12.2. The van der Waals surface area contributed by atoms with Crippen molar-refractivity contribution in [3.63, 3.8) is 0 Å². The Morgan fingerprint density at radius 3 is 2.83 bits per heavy atom. The Labute approximate surface area is 156 Å². The molecule has 0 aliphatic heterocycles. The highest BCUT2D eigenvalue weighted by molar-refractivity contribution is 7.99. The van der Waals surface area contributed by atoms with Crippen molar-refractivity contribution in [2.75, 3.05) is 12.3 Å². The van der Waals surface area contributed by atoms with Gasteiger partial charge < -0.3 is 9.88 Å². The SMILES string of the molecule is CCCC(CNC(=O)CSc1nccn1C)c1ccc(Cl)cc1Cl. The molecule has 1 aromatic carbocycles. The Morgan fingerprint density at radius 2 is 2.21 bits per heavy atom. The van der Waals surface area contributed by atoms with Crippen molar-refractivity contribution in [2.24, 2.45) is 7.05 Å². The molecule has 0 saturated carbocycles. The molecule has 2 aromatic rings. The van der Waals surface area contributed by atoms with Gasteiger partial charge in [0.05, 0.1) is 5.75 Å². The fourth-order valence-corrected chi connectivity index (χ4v) is 3.78. The minimum atomic E-state index is -0.00538. The lowest BCUT2D eigenvalue weighted by Gasteiger charge is -2.19. The molecule has 2 rings (SSSR count). The molecule has 1 N–H and O–H groups in total. The average molecular weight is 386 g/mol. The van der Waals surface area contributed by atoms with Gasteiger partial charge in [0.25, 0.3) is 0 Å². The standard InChI is InChI=1S/C17H21Cl2N3OS/c1-3-4-12(14-6-5-13(18)9-15(14)19)10-21-16(23)11-24-17-20-7-8-22(17)2/h5-9,12H,3-4,10-11H2,1-2H3,(H,21,23). The number of halogens is 2. The van der Waals surface area contributed by atoms with E-state index in [-0.39, 0.29) is 11.8 Å². The Bertz CT molecular complexity index is 690. The summed E-state index contributed by atoms with van der Waals surface area (Å²) in [6.45, 7) is 2.69. The summed E-state index contributed by atoms with van der Waals surface area (Å²) in [6, 6.07) is 5.53. The first-order chi connectivity index (χ1) is 11.5. The lowest BCUT2D eigenvalue weighted by atomic mass is 9.94. The number of imidazole rings is 1. The summed E-state index contributed by atoms with van der Waals surface area (Å²) in [4.78, 5) is 16.3. The van der Waals surface area contributed by atoms with Crippen molar-refractivity contribution in [3.05, 3.63) is 46.2 Å². The molecule has 0 fully saturated rings. The van der Waals surface area contributed by atoms with Crippen LogP contribution in [0.4, 0.5) is 0 Å². The Morgan fingerprint density at radius 1 is 1.42 bits per heavy atom. The molecule has 130 valence electrons. The van der Waals surface area contributed by atoms with Crippen molar-refractivity contribution < 1.29 is 4.79 Å². The maximum absolute atomic E-state index is 12.1. The van der Waals surface area contributed by atoms with Crippen LogP contribution in [0.5, 0.6) is 0 Å². The van der Waals surface area contributed by atoms with Crippen LogP contribution >= 0.6 is 35.0 Å². The largest absolute Gasteiger partial charge is 0.355 e. The molecular weight excluding hydrogens is 365 g/mol. The molecule has 1 heterocycles. The van der Waals surface area contributed by atoms with Gasteiger partial charge in [-0.2, -0.15) is 0 Å². The molecular formula is C17H21Cl2N3OS. The first kappa shape index (κ1) is 19.2. The maximum Gasteiger partial charge on any atom is 0.230 e. The molecule has 1 unspecified atom stereocenters. The van der Waals surface area contributed by atoms with Crippen LogP contribution in [0.15, 0.2) is 35.7 Å². The van der Waals surface area contributed by atoms with E-state index in [1.54, 1.807) is 12.3 Å². The van der Waals surface area contributed by atoms with Crippen molar-refractivity contribution in [3.8, 4) is 0 Å². The van der Waals surface area contributed by atoms with Gasteiger partial charge >= 0.3 is 0 Å². The third kappa shape index (κ3) is 5.43. The number of aromatic nitrogens is 2. The van der Waals surface area contributed by atoms with Crippen LogP contribution in [0.3, 0.4) is 0 Å². The number of hydrogen-bond donors (Lipinski definition) is 1. The lowest BCUT2D eigenvalue weighted by Crippen LogP contribution is -2.30. The number of nitrogens with one attached hydrogen (secondary N) is 1. The Hall–Kier alpha value is -1.17. The summed E-state index contributed by atoms with van der Waals surface area (Å²) in [5.41, 5.74) is 1.03. The number of benzene rings is 1. The van der Waals surface area contributed by atoms with Gasteiger partial charge in [0.2, 0.25) is 5.91 Å². The zero-order valence-electron chi connectivity index (χ0n) is 13.8. The summed E-state index contributed by atoms with van der Waals surface area (Å²) in [6.07, 6.45) is 5.55. The average Bonchev–Trinajstić information content (AvgIpc) is 2.95. The van der Waals surface area contributed by atoms with Crippen LogP contribution in [-0.4, -0.2) is 27.8 Å². The molecule has 0 aliphatic rings. The zero-order chi connectivity index (χ0) is 17.5. The van der Waals surface area contributed by atoms with E-state index in [0.29, 0.717) is 22.3 Å². The second-order valence-corrected chi connectivity index (χ2v) is 7.35. The van der Waals surface area contributed by atoms with Crippen LogP contribution in [0.2, 0.25) is 10.0 Å². The van der Waals surface area contributed by atoms with E-state index in [4.69, 9.17) is 23.2 Å². The highest BCUT2D eigenvalue weighted by Crippen LogP contribution is 2.30. The molecule has 0 aliphatic carbocycles. The van der Waals surface area contributed by atoms with Gasteiger partial charge in [0.1, 0.15) is 0 Å². The molecule has 0 saturated heterocycles. The monoisotopic (exact) mass is 385 g/mol. The third-order valence-electron chi connectivity index (χ3n) is 3.69. The van der Waals surface area contributed by atoms with Crippen molar-refractivity contribution >= 4 is 40.9 Å². The summed E-state index contributed by atoms with van der Waals surface area (Å²) in [5.74, 6) is 0.522. The third-order valence-corrected chi connectivity index (χ3v) is 5.31. The Kier molecular flexibility index (Phi) is 7.46. The van der Waals surface area contributed by atoms with Crippen molar-refractivity contribution in [2.45, 2.75) is 30.8 Å². The van der Waals surface area contributed by atoms with Crippen LogP contribution < -0.4 is 5.32 Å². The maximum atomic E-state index is 12.1. The Balaban J connectivity index is 1.91. The minimum absolute atomic E-state index is 0.00538. The predicted molar refractivity (Wildman–Crippen MR) is 101 cm³/mol. The fourth-order valence-electron chi connectivity index (χ4n) is 2.46. The van der Waals surface area contributed by atoms with E-state index < -0.39 is 0 Å². The second kappa shape index (κ2) is 9.35. The first-order valence-corrected chi connectivity index (χ1v) is 9.57. The summed E-state index contributed by atoms with van der Waals surface area (Å²) < 4.78 is 1.89. The highest BCUT2D eigenvalue weighted by atomic mass is 35.5. The van der Waals surface area contributed by atoms with Crippen molar-refractivity contribution in [1.29, 1.82) is 0 Å². The summed E-state index contributed by atoms with van der Waals surface area (Å²) in [5, 5.41) is 5.10. The van der Waals surface area contributed by atoms with E-state index >= 15 is 0 Å². The van der Waals surface area contributed by atoms with Gasteiger partial charge in [0, 0.05) is 41.9 Å². The summed E-state index contributed by atoms with van der Waals surface area (Å²) in [7, 11) is 1.91. The fraction of sp³-hybridized carbons (Fsp3) is 0.412. The molecule has 0 spiro atoms. The minimum Gasteiger partial charge on any atom is -0.355 e. The molecule has 1 amide bonds. The number of carbonyl (C=O) groups is 1. The van der Waals surface area contributed by atoms with Gasteiger partial charge in [0.15, 0.2) is 5.16 Å². The molecule has 4 nitrogen and oxygen atoms in total. The number of carbonyl (C=O) groups excluding carboxylic acids is 1. The molecule has 0 radical (unpaired) electrons. The number of nitrogens with zero attached hydrogens (tertiary/aromatic N) is 2. The topological polar surface area (TPSA) is 46.9 Å². The number of thioether (sulfide) groups is 1. The number of rotatable bonds is 8. The van der Waals surface area contributed by atoms with E-state index in [2.05, 4.69) is 17.2 Å². The van der Waals surface area contributed by atoms with E-state index in [0.717, 1.165) is 23.6 Å². The van der Waals surface area contributed by atoms with Crippen LogP contribution in [0, 0.1) is 0 Å². The smallest absolute Gasteiger partial charge is 0.230 e. The molecule has 7 heteroatoms. The van der Waals surface area contributed by atoms with Crippen LogP contribution in [0.25, 0.3) is 0 Å².